The van der Waals surface area contributed by atoms with Crippen molar-refractivity contribution in [3.8, 4) is 0 Å². The molecule has 1 nitrogen and oxygen atoms in total. The first-order valence-corrected chi connectivity index (χ1v) is 9.18. The lowest BCUT2D eigenvalue weighted by Crippen LogP contribution is -2.22. The summed E-state index contributed by atoms with van der Waals surface area (Å²) in [5.74, 6) is 0. The molecular weight excluding hydrogens is 398 g/mol. The average molecular weight is 417 g/mol. The molecule has 1 heterocycles. The molecule has 0 fully saturated rings. The third-order valence-electron chi connectivity index (χ3n) is 3.23. The standard InChI is InChI=1S/C16H19Br2NS/c1-4-7-19-15(16-14(18)8-11(3)20-16)12-6-5-10(2)13(17)9-12/h5-6,8-9,15,19H,4,7H2,1-3H3. The zero-order valence-electron chi connectivity index (χ0n) is 12.0. The van der Waals surface area contributed by atoms with Crippen LogP contribution >= 0.6 is 43.2 Å². The molecule has 4 heteroatoms. The number of hydrogen-bond donors (Lipinski definition) is 1. The van der Waals surface area contributed by atoms with Gasteiger partial charge in [-0.3, -0.25) is 0 Å². The molecule has 0 amide bonds. The minimum absolute atomic E-state index is 0.250. The molecule has 0 spiro atoms. The predicted molar refractivity (Wildman–Crippen MR) is 95.8 cm³/mol. The van der Waals surface area contributed by atoms with E-state index in [4.69, 9.17) is 0 Å². The summed E-state index contributed by atoms with van der Waals surface area (Å²) in [6, 6.07) is 9.07. The summed E-state index contributed by atoms with van der Waals surface area (Å²) in [5.41, 5.74) is 2.57. The molecule has 1 atom stereocenters. The SMILES string of the molecule is CCCNC(c1ccc(C)c(Br)c1)c1sc(C)cc1Br. The Bertz CT molecular complexity index is 592. The Labute approximate surface area is 142 Å². The molecule has 0 aliphatic heterocycles. The molecule has 0 bridgehead atoms. The molecule has 0 aliphatic rings. The van der Waals surface area contributed by atoms with Gasteiger partial charge in [-0.25, -0.2) is 0 Å². The second kappa shape index (κ2) is 7.21. The Balaban J connectivity index is 2.41. The molecule has 20 heavy (non-hydrogen) atoms. The van der Waals surface area contributed by atoms with Crippen LogP contribution in [0.5, 0.6) is 0 Å². The van der Waals surface area contributed by atoms with Gasteiger partial charge in [0.25, 0.3) is 0 Å². The third kappa shape index (κ3) is 3.73. The zero-order chi connectivity index (χ0) is 14.7. The summed E-state index contributed by atoms with van der Waals surface area (Å²) < 4.78 is 2.37. The normalized spacial score (nSPS) is 12.7. The van der Waals surface area contributed by atoms with Crippen molar-refractivity contribution >= 4 is 43.2 Å². The van der Waals surface area contributed by atoms with Crippen molar-refractivity contribution in [2.24, 2.45) is 0 Å². The fourth-order valence-corrected chi connectivity index (χ4v) is 4.52. The Morgan fingerprint density at radius 3 is 2.45 bits per heavy atom. The van der Waals surface area contributed by atoms with Gasteiger partial charge < -0.3 is 5.32 Å². The average Bonchev–Trinajstić information content (AvgIpc) is 2.73. The van der Waals surface area contributed by atoms with Crippen LogP contribution in [0.25, 0.3) is 0 Å². The Morgan fingerprint density at radius 1 is 1.15 bits per heavy atom. The Hall–Kier alpha value is -0.160. The molecule has 2 aromatic rings. The summed E-state index contributed by atoms with van der Waals surface area (Å²) in [6.45, 7) is 7.48. The highest BCUT2D eigenvalue weighted by molar-refractivity contribution is 9.10. The van der Waals surface area contributed by atoms with Gasteiger partial charge in [0.15, 0.2) is 0 Å². The van der Waals surface area contributed by atoms with Gasteiger partial charge in [-0.15, -0.1) is 11.3 Å². The topological polar surface area (TPSA) is 12.0 Å². The van der Waals surface area contributed by atoms with E-state index in [1.165, 1.54) is 29.8 Å². The van der Waals surface area contributed by atoms with Gasteiger partial charge in [0, 0.05) is 18.7 Å². The summed E-state index contributed by atoms with van der Waals surface area (Å²) in [7, 11) is 0. The van der Waals surface area contributed by atoms with Crippen molar-refractivity contribution in [3.05, 3.63) is 54.1 Å². The number of aryl methyl sites for hydroxylation is 2. The minimum Gasteiger partial charge on any atom is -0.306 e. The third-order valence-corrected chi connectivity index (χ3v) is 6.11. The van der Waals surface area contributed by atoms with E-state index >= 15 is 0 Å². The van der Waals surface area contributed by atoms with Crippen LogP contribution in [0.4, 0.5) is 0 Å². The van der Waals surface area contributed by atoms with E-state index in [1.54, 1.807) is 0 Å². The molecule has 1 unspecified atom stereocenters. The van der Waals surface area contributed by atoms with Crippen LogP contribution in [0.15, 0.2) is 33.2 Å². The lowest BCUT2D eigenvalue weighted by molar-refractivity contribution is 0.604. The maximum absolute atomic E-state index is 3.70. The second-order valence-corrected chi connectivity index (χ2v) is 7.96. The maximum atomic E-state index is 3.70. The molecule has 1 N–H and O–H groups in total. The number of halogens is 2. The van der Waals surface area contributed by atoms with Crippen molar-refractivity contribution in [2.45, 2.75) is 33.2 Å². The van der Waals surface area contributed by atoms with Crippen LogP contribution in [0.3, 0.4) is 0 Å². The molecule has 2 rings (SSSR count). The predicted octanol–water partition coefficient (Wildman–Crippen LogP) is 5.98. The molecule has 1 aromatic heterocycles. The fourth-order valence-electron chi connectivity index (χ4n) is 2.14. The highest BCUT2D eigenvalue weighted by Crippen LogP contribution is 2.36. The smallest absolute Gasteiger partial charge is 0.0682 e. The van der Waals surface area contributed by atoms with E-state index in [-0.39, 0.29) is 6.04 Å². The summed E-state index contributed by atoms with van der Waals surface area (Å²) in [6.07, 6.45) is 1.13. The van der Waals surface area contributed by atoms with Gasteiger partial charge in [0.05, 0.1) is 6.04 Å². The second-order valence-electron chi connectivity index (χ2n) is 4.96. The van der Waals surface area contributed by atoms with Crippen molar-refractivity contribution in [1.82, 2.24) is 5.32 Å². The van der Waals surface area contributed by atoms with E-state index in [1.807, 2.05) is 11.3 Å². The molecule has 0 saturated carbocycles. The van der Waals surface area contributed by atoms with E-state index in [2.05, 4.69) is 82.2 Å². The van der Waals surface area contributed by atoms with E-state index in [9.17, 15) is 0 Å². The lowest BCUT2D eigenvalue weighted by atomic mass is 10.0. The molecular formula is C16H19Br2NS. The van der Waals surface area contributed by atoms with Crippen LogP contribution in [0, 0.1) is 13.8 Å². The van der Waals surface area contributed by atoms with Crippen LogP contribution in [0.1, 0.15) is 40.3 Å². The van der Waals surface area contributed by atoms with Gasteiger partial charge in [0.2, 0.25) is 0 Å². The monoisotopic (exact) mass is 415 g/mol. The first-order valence-electron chi connectivity index (χ1n) is 6.78. The molecule has 0 saturated heterocycles. The number of hydrogen-bond acceptors (Lipinski definition) is 2. The van der Waals surface area contributed by atoms with E-state index in [0.29, 0.717) is 0 Å². The van der Waals surface area contributed by atoms with Crippen molar-refractivity contribution in [2.75, 3.05) is 6.54 Å². The fraction of sp³-hybridized carbons (Fsp3) is 0.375. The van der Waals surface area contributed by atoms with Crippen molar-refractivity contribution < 1.29 is 0 Å². The first-order chi connectivity index (χ1) is 9.52. The molecule has 1 aromatic carbocycles. The highest BCUT2D eigenvalue weighted by atomic mass is 79.9. The minimum atomic E-state index is 0.250. The lowest BCUT2D eigenvalue weighted by Gasteiger charge is -2.19. The van der Waals surface area contributed by atoms with Gasteiger partial charge in [-0.2, -0.15) is 0 Å². The largest absolute Gasteiger partial charge is 0.306 e. The van der Waals surface area contributed by atoms with Crippen molar-refractivity contribution in [1.29, 1.82) is 0 Å². The summed E-state index contributed by atoms with van der Waals surface area (Å²) >= 11 is 9.19. The van der Waals surface area contributed by atoms with Crippen molar-refractivity contribution in [3.63, 3.8) is 0 Å². The summed E-state index contributed by atoms with van der Waals surface area (Å²) in [5, 5.41) is 3.66. The zero-order valence-corrected chi connectivity index (χ0v) is 16.0. The van der Waals surface area contributed by atoms with Crippen LogP contribution in [-0.2, 0) is 0 Å². The number of benzene rings is 1. The quantitative estimate of drug-likeness (QED) is 0.632. The van der Waals surface area contributed by atoms with Gasteiger partial charge in [0.1, 0.15) is 0 Å². The van der Waals surface area contributed by atoms with E-state index in [0.717, 1.165) is 13.0 Å². The maximum Gasteiger partial charge on any atom is 0.0682 e. The van der Waals surface area contributed by atoms with Crippen LogP contribution in [-0.4, -0.2) is 6.54 Å². The Morgan fingerprint density at radius 2 is 1.90 bits per heavy atom. The number of rotatable bonds is 5. The Kier molecular flexibility index (Phi) is 5.84. The molecule has 0 aliphatic carbocycles. The molecule has 0 radical (unpaired) electrons. The van der Waals surface area contributed by atoms with E-state index < -0.39 is 0 Å². The van der Waals surface area contributed by atoms with Crippen LogP contribution < -0.4 is 5.32 Å². The number of nitrogens with one attached hydrogen (secondary N) is 1. The van der Waals surface area contributed by atoms with Crippen LogP contribution in [0.2, 0.25) is 0 Å². The number of thiophene rings is 1. The van der Waals surface area contributed by atoms with Gasteiger partial charge in [-0.05, 0) is 66.0 Å². The van der Waals surface area contributed by atoms with Gasteiger partial charge >= 0.3 is 0 Å². The van der Waals surface area contributed by atoms with Gasteiger partial charge in [-0.1, -0.05) is 35.0 Å². The first kappa shape index (κ1) is 16.2. The molecule has 108 valence electrons. The summed E-state index contributed by atoms with van der Waals surface area (Å²) in [4.78, 5) is 2.69. The highest BCUT2D eigenvalue weighted by Gasteiger charge is 2.19.